The van der Waals surface area contributed by atoms with Crippen LogP contribution in [0.5, 0.6) is 0 Å². The quantitative estimate of drug-likeness (QED) is 0.376. The number of aryl methyl sites for hydroxylation is 2. The maximum absolute atomic E-state index is 13.5. The number of para-hydroxylation sites is 1. The fraction of sp³-hybridized carbons (Fsp3) is 0.115. The molecule has 0 fully saturated rings. The summed E-state index contributed by atoms with van der Waals surface area (Å²) in [6.45, 7) is 1.90. The summed E-state index contributed by atoms with van der Waals surface area (Å²) in [6, 6.07) is 18.6. The Morgan fingerprint density at radius 3 is 2.40 bits per heavy atom. The van der Waals surface area contributed by atoms with Crippen molar-refractivity contribution in [3.63, 3.8) is 0 Å². The summed E-state index contributed by atoms with van der Waals surface area (Å²) in [5.74, 6) is -0.730. The van der Waals surface area contributed by atoms with Crippen LogP contribution in [0.3, 0.4) is 0 Å². The summed E-state index contributed by atoms with van der Waals surface area (Å²) < 4.78 is 42.3. The van der Waals surface area contributed by atoms with E-state index in [9.17, 15) is 22.8 Å². The van der Waals surface area contributed by atoms with Gasteiger partial charge in [-0.1, -0.05) is 42.0 Å². The molecule has 3 aromatic carbocycles. The van der Waals surface area contributed by atoms with Crippen LogP contribution in [0.4, 0.5) is 18.9 Å². The Labute approximate surface area is 197 Å². The van der Waals surface area contributed by atoms with Crippen molar-refractivity contribution in [1.29, 1.82) is 0 Å². The van der Waals surface area contributed by atoms with Gasteiger partial charge in [0.15, 0.2) is 5.69 Å². The zero-order chi connectivity index (χ0) is 24.9. The van der Waals surface area contributed by atoms with E-state index in [1.54, 1.807) is 35.9 Å². The second-order valence-corrected chi connectivity index (χ2v) is 8.23. The van der Waals surface area contributed by atoms with Gasteiger partial charge in [0.05, 0.1) is 11.3 Å². The number of alkyl halides is 3. The summed E-state index contributed by atoms with van der Waals surface area (Å²) >= 11 is 0. The van der Waals surface area contributed by atoms with Crippen molar-refractivity contribution in [3.8, 4) is 5.69 Å². The molecule has 9 heteroatoms. The Morgan fingerprint density at radius 2 is 1.69 bits per heavy atom. The number of carbonyl (C=O) groups excluding carboxylic acids is 1. The van der Waals surface area contributed by atoms with Crippen molar-refractivity contribution in [1.82, 2.24) is 14.3 Å². The van der Waals surface area contributed by atoms with E-state index >= 15 is 0 Å². The number of rotatable bonds is 3. The van der Waals surface area contributed by atoms with E-state index in [1.165, 1.54) is 12.1 Å². The smallest absolute Gasteiger partial charge is 0.339 e. The van der Waals surface area contributed by atoms with E-state index < -0.39 is 23.2 Å². The highest BCUT2D eigenvalue weighted by Gasteiger charge is 2.31. The highest BCUT2D eigenvalue weighted by atomic mass is 19.4. The number of hydrogen-bond acceptors (Lipinski definition) is 3. The van der Waals surface area contributed by atoms with Gasteiger partial charge in [0.1, 0.15) is 5.52 Å². The number of anilines is 1. The molecular formula is C26H19F3N4O2. The molecule has 1 N–H and O–H groups in total. The number of nitrogens with zero attached hydrogens (tertiary/aromatic N) is 3. The summed E-state index contributed by atoms with van der Waals surface area (Å²) in [4.78, 5) is 26.9. The van der Waals surface area contributed by atoms with Crippen LogP contribution in [-0.4, -0.2) is 20.3 Å². The Bertz CT molecular complexity index is 1670. The topological polar surface area (TPSA) is 68.9 Å². The van der Waals surface area contributed by atoms with Crippen molar-refractivity contribution in [2.45, 2.75) is 13.1 Å². The molecule has 35 heavy (non-hydrogen) atoms. The molecule has 2 aromatic heterocycles. The Morgan fingerprint density at radius 1 is 0.971 bits per heavy atom. The number of nitrogens with one attached hydrogen (secondary N) is 1. The van der Waals surface area contributed by atoms with Gasteiger partial charge >= 0.3 is 6.18 Å². The van der Waals surface area contributed by atoms with Gasteiger partial charge in [-0.15, -0.1) is 0 Å². The van der Waals surface area contributed by atoms with Gasteiger partial charge in [0, 0.05) is 29.0 Å². The van der Waals surface area contributed by atoms with Gasteiger partial charge in [-0.2, -0.15) is 23.0 Å². The largest absolute Gasteiger partial charge is 0.416 e. The van der Waals surface area contributed by atoms with Gasteiger partial charge in [-0.05, 0) is 43.3 Å². The monoisotopic (exact) mass is 476 g/mol. The first kappa shape index (κ1) is 22.4. The minimum absolute atomic E-state index is 0.0342. The zero-order valence-electron chi connectivity index (χ0n) is 18.7. The number of aromatic nitrogens is 3. The number of hydrogen-bond donors (Lipinski definition) is 1. The molecule has 0 aliphatic heterocycles. The first-order valence-electron chi connectivity index (χ1n) is 10.7. The summed E-state index contributed by atoms with van der Waals surface area (Å²) in [7, 11) is 1.72. The third kappa shape index (κ3) is 3.84. The lowest BCUT2D eigenvalue weighted by molar-refractivity contribution is -0.137. The van der Waals surface area contributed by atoms with E-state index in [0.29, 0.717) is 16.5 Å². The van der Waals surface area contributed by atoms with Crippen LogP contribution >= 0.6 is 0 Å². The molecule has 0 bridgehead atoms. The lowest BCUT2D eigenvalue weighted by atomic mass is 10.1. The van der Waals surface area contributed by atoms with Crippen LogP contribution in [-0.2, 0) is 13.2 Å². The lowest BCUT2D eigenvalue weighted by Crippen LogP contribution is -2.27. The van der Waals surface area contributed by atoms with Crippen LogP contribution < -0.4 is 10.9 Å². The maximum Gasteiger partial charge on any atom is 0.416 e. The molecule has 0 spiro atoms. The van der Waals surface area contributed by atoms with Crippen LogP contribution in [0, 0.1) is 6.92 Å². The summed E-state index contributed by atoms with van der Waals surface area (Å²) in [5.41, 5.74) is 1.01. The maximum atomic E-state index is 13.5. The van der Waals surface area contributed by atoms with Gasteiger partial charge in [0.2, 0.25) is 0 Å². The van der Waals surface area contributed by atoms with Gasteiger partial charge in [0.25, 0.3) is 11.5 Å². The highest BCUT2D eigenvalue weighted by molar-refractivity contribution is 6.19. The SMILES string of the molecule is Cc1ccc(-n2nc(C(=O)Nc3cccc(C(F)(F)F)c3)c3c4ccccc4n(C)c3c2=O)cc1. The van der Waals surface area contributed by atoms with Crippen molar-refractivity contribution in [2.24, 2.45) is 7.05 Å². The Kier molecular flexibility index (Phi) is 5.20. The van der Waals surface area contributed by atoms with Crippen molar-refractivity contribution >= 4 is 33.4 Å². The number of amides is 1. The fourth-order valence-electron chi connectivity index (χ4n) is 4.16. The molecule has 0 atom stereocenters. The molecule has 0 aliphatic carbocycles. The molecule has 2 heterocycles. The van der Waals surface area contributed by atoms with Gasteiger partial charge in [-0.3, -0.25) is 9.59 Å². The van der Waals surface area contributed by atoms with E-state index in [2.05, 4.69) is 10.4 Å². The number of carbonyl (C=O) groups is 1. The average molecular weight is 476 g/mol. The van der Waals surface area contributed by atoms with Crippen molar-refractivity contribution < 1.29 is 18.0 Å². The molecule has 0 saturated carbocycles. The number of benzene rings is 3. The number of halogens is 3. The number of fused-ring (bicyclic) bond motifs is 3. The molecule has 0 saturated heterocycles. The molecule has 0 aliphatic rings. The molecule has 0 unspecified atom stereocenters. The molecule has 0 radical (unpaired) electrons. The third-order valence-corrected chi connectivity index (χ3v) is 5.88. The zero-order valence-corrected chi connectivity index (χ0v) is 18.7. The average Bonchev–Trinajstić information content (AvgIpc) is 3.13. The summed E-state index contributed by atoms with van der Waals surface area (Å²) in [6.07, 6.45) is -4.56. The second-order valence-electron chi connectivity index (χ2n) is 8.23. The van der Waals surface area contributed by atoms with Crippen LogP contribution in [0.2, 0.25) is 0 Å². The first-order chi connectivity index (χ1) is 16.6. The van der Waals surface area contributed by atoms with E-state index in [4.69, 9.17) is 0 Å². The second kappa shape index (κ2) is 8.12. The molecule has 1 amide bonds. The molecule has 5 aromatic rings. The highest BCUT2D eigenvalue weighted by Crippen LogP contribution is 2.32. The molecule has 5 rings (SSSR count). The molecule has 6 nitrogen and oxygen atoms in total. The van der Waals surface area contributed by atoms with Crippen molar-refractivity contribution in [3.05, 3.63) is 100.0 Å². The molecule has 176 valence electrons. The Balaban J connectivity index is 1.74. The minimum atomic E-state index is -4.56. The van der Waals surface area contributed by atoms with Crippen molar-refractivity contribution in [2.75, 3.05) is 5.32 Å². The van der Waals surface area contributed by atoms with E-state index in [1.807, 2.05) is 31.2 Å². The predicted molar refractivity (Wildman–Crippen MR) is 128 cm³/mol. The Hall–Kier alpha value is -4.40. The van der Waals surface area contributed by atoms with Crippen LogP contribution in [0.15, 0.2) is 77.6 Å². The molecular weight excluding hydrogens is 457 g/mol. The standard InChI is InChI=1S/C26H19F3N4O2/c1-15-10-12-18(13-11-15)33-25(35)23-21(19-8-3-4-9-20(19)32(23)2)22(31-33)24(34)30-17-7-5-6-16(14-17)26(27,28)29/h3-14H,1-2H3,(H,30,34). The summed E-state index contributed by atoms with van der Waals surface area (Å²) in [5, 5.41) is 7.88. The normalized spacial score (nSPS) is 11.8. The van der Waals surface area contributed by atoms with E-state index in [-0.39, 0.29) is 16.9 Å². The third-order valence-electron chi connectivity index (χ3n) is 5.88. The predicted octanol–water partition coefficient (Wildman–Crippen LogP) is 5.46. The van der Waals surface area contributed by atoms with Crippen LogP contribution in [0.25, 0.3) is 27.5 Å². The van der Waals surface area contributed by atoms with Crippen LogP contribution in [0.1, 0.15) is 21.6 Å². The van der Waals surface area contributed by atoms with E-state index in [0.717, 1.165) is 27.9 Å². The minimum Gasteiger partial charge on any atom is -0.339 e. The first-order valence-corrected chi connectivity index (χ1v) is 10.7. The fourth-order valence-corrected chi connectivity index (χ4v) is 4.16. The van der Waals surface area contributed by atoms with Gasteiger partial charge in [-0.25, -0.2) is 0 Å². The lowest BCUT2D eigenvalue weighted by Gasteiger charge is -2.12. The van der Waals surface area contributed by atoms with Gasteiger partial charge < -0.3 is 9.88 Å².